The van der Waals surface area contributed by atoms with Crippen LogP contribution in [0.1, 0.15) is 18.4 Å². The van der Waals surface area contributed by atoms with Gasteiger partial charge in [-0.15, -0.1) is 0 Å². The van der Waals surface area contributed by atoms with Gasteiger partial charge in [0, 0.05) is 38.6 Å². The molecule has 2 saturated heterocycles. The van der Waals surface area contributed by atoms with Gasteiger partial charge in [-0.3, -0.25) is 9.69 Å². The molecule has 0 spiro atoms. The number of hydrogen-bond acceptors (Lipinski definition) is 3. The van der Waals surface area contributed by atoms with Crippen LogP contribution in [-0.2, 0) is 11.2 Å². The van der Waals surface area contributed by atoms with Gasteiger partial charge in [0.2, 0.25) is 5.91 Å². The van der Waals surface area contributed by atoms with Crippen LogP contribution in [0, 0.1) is 5.92 Å². The second-order valence-corrected chi connectivity index (χ2v) is 6.43. The van der Waals surface area contributed by atoms with E-state index in [9.17, 15) is 4.79 Å². The Balaban J connectivity index is 1.41. The third-order valence-corrected chi connectivity index (χ3v) is 4.93. The van der Waals surface area contributed by atoms with E-state index in [1.165, 1.54) is 5.56 Å². The second kappa shape index (κ2) is 7.75. The minimum absolute atomic E-state index is 0.261. The Labute approximate surface area is 133 Å². The van der Waals surface area contributed by atoms with Crippen LogP contribution in [0.3, 0.4) is 0 Å². The Kier molecular flexibility index (Phi) is 5.46. The number of rotatable bonds is 4. The van der Waals surface area contributed by atoms with Gasteiger partial charge >= 0.3 is 0 Å². The van der Waals surface area contributed by atoms with Gasteiger partial charge in [0.05, 0.1) is 0 Å². The lowest BCUT2D eigenvalue weighted by Crippen LogP contribution is -2.51. The molecular formula is C18H27N3O. The number of amides is 1. The number of carbonyl (C=O) groups is 1. The first kappa shape index (κ1) is 15.5. The maximum atomic E-state index is 12.5. The monoisotopic (exact) mass is 301 g/mol. The lowest BCUT2D eigenvalue weighted by atomic mass is 9.96. The van der Waals surface area contributed by atoms with Crippen molar-refractivity contribution in [2.45, 2.75) is 19.3 Å². The molecule has 0 bridgehead atoms. The van der Waals surface area contributed by atoms with Gasteiger partial charge in [0.1, 0.15) is 0 Å². The summed E-state index contributed by atoms with van der Waals surface area (Å²) >= 11 is 0. The Morgan fingerprint density at radius 1 is 1.05 bits per heavy atom. The van der Waals surface area contributed by atoms with Crippen LogP contribution in [0.2, 0.25) is 0 Å². The van der Waals surface area contributed by atoms with E-state index in [1.54, 1.807) is 0 Å². The number of nitrogens with one attached hydrogen (secondary N) is 1. The molecule has 1 amide bonds. The summed E-state index contributed by atoms with van der Waals surface area (Å²) in [5, 5.41) is 3.33. The zero-order valence-corrected chi connectivity index (χ0v) is 13.3. The smallest absolute Gasteiger partial charge is 0.225 e. The molecule has 0 saturated carbocycles. The number of hydrogen-bond donors (Lipinski definition) is 1. The van der Waals surface area contributed by atoms with E-state index in [-0.39, 0.29) is 5.92 Å². The van der Waals surface area contributed by atoms with Gasteiger partial charge < -0.3 is 10.2 Å². The second-order valence-electron chi connectivity index (χ2n) is 6.43. The third kappa shape index (κ3) is 4.08. The van der Waals surface area contributed by atoms with Crippen LogP contribution in [-0.4, -0.2) is 61.5 Å². The highest BCUT2D eigenvalue weighted by atomic mass is 16.2. The minimum Gasteiger partial charge on any atom is -0.340 e. The number of piperazine rings is 1. The molecule has 0 aliphatic carbocycles. The first-order valence-corrected chi connectivity index (χ1v) is 8.59. The fourth-order valence-electron chi connectivity index (χ4n) is 3.45. The molecule has 0 atom stereocenters. The number of piperidine rings is 1. The highest BCUT2D eigenvalue weighted by Gasteiger charge is 2.28. The lowest BCUT2D eigenvalue weighted by molar-refractivity contribution is -0.138. The van der Waals surface area contributed by atoms with E-state index in [0.29, 0.717) is 5.91 Å². The summed E-state index contributed by atoms with van der Waals surface area (Å²) in [5.74, 6) is 0.654. The van der Waals surface area contributed by atoms with Crippen molar-refractivity contribution < 1.29 is 4.79 Å². The SMILES string of the molecule is O=C(C1CCNCC1)N1CCN(CCc2ccccc2)CC1. The van der Waals surface area contributed by atoms with E-state index in [0.717, 1.165) is 65.1 Å². The fraction of sp³-hybridized carbons (Fsp3) is 0.611. The zero-order valence-electron chi connectivity index (χ0n) is 13.3. The minimum atomic E-state index is 0.261. The quantitative estimate of drug-likeness (QED) is 0.912. The van der Waals surface area contributed by atoms with Crippen LogP contribution in [0.5, 0.6) is 0 Å². The summed E-state index contributed by atoms with van der Waals surface area (Å²) in [6.07, 6.45) is 3.11. The molecule has 2 aliphatic heterocycles. The fourth-order valence-corrected chi connectivity index (χ4v) is 3.45. The molecule has 2 fully saturated rings. The summed E-state index contributed by atoms with van der Waals surface area (Å²) in [6, 6.07) is 10.7. The van der Waals surface area contributed by atoms with Gasteiger partial charge in [-0.25, -0.2) is 0 Å². The van der Waals surface area contributed by atoms with E-state index >= 15 is 0 Å². The zero-order chi connectivity index (χ0) is 15.2. The Morgan fingerprint density at radius 3 is 2.41 bits per heavy atom. The molecule has 4 heteroatoms. The van der Waals surface area contributed by atoms with Crippen molar-refractivity contribution >= 4 is 5.91 Å². The van der Waals surface area contributed by atoms with Crippen molar-refractivity contribution in [2.24, 2.45) is 5.92 Å². The van der Waals surface area contributed by atoms with E-state index in [1.807, 2.05) is 0 Å². The van der Waals surface area contributed by atoms with Gasteiger partial charge in [-0.05, 0) is 37.9 Å². The van der Waals surface area contributed by atoms with Crippen molar-refractivity contribution in [3.05, 3.63) is 35.9 Å². The predicted molar refractivity (Wildman–Crippen MR) is 88.8 cm³/mol. The highest BCUT2D eigenvalue weighted by molar-refractivity contribution is 5.79. The van der Waals surface area contributed by atoms with Crippen molar-refractivity contribution in [3.8, 4) is 0 Å². The summed E-state index contributed by atoms with van der Waals surface area (Å²) in [6.45, 7) is 6.92. The summed E-state index contributed by atoms with van der Waals surface area (Å²) in [4.78, 5) is 17.1. The Hall–Kier alpha value is -1.39. The van der Waals surface area contributed by atoms with E-state index < -0.39 is 0 Å². The van der Waals surface area contributed by atoms with E-state index in [4.69, 9.17) is 0 Å². The third-order valence-electron chi connectivity index (χ3n) is 4.93. The molecule has 22 heavy (non-hydrogen) atoms. The van der Waals surface area contributed by atoms with E-state index in [2.05, 4.69) is 45.4 Å². The summed E-state index contributed by atoms with van der Waals surface area (Å²) in [7, 11) is 0. The molecule has 1 N–H and O–H groups in total. The maximum absolute atomic E-state index is 12.5. The van der Waals surface area contributed by atoms with Crippen LogP contribution < -0.4 is 5.32 Å². The molecule has 120 valence electrons. The lowest BCUT2D eigenvalue weighted by Gasteiger charge is -2.37. The molecule has 0 aromatic heterocycles. The number of carbonyl (C=O) groups excluding carboxylic acids is 1. The van der Waals surface area contributed by atoms with Crippen molar-refractivity contribution in [1.82, 2.24) is 15.1 Å². The summed E-state index contributed by atoms with van der Waals surface area (Å²) in [5.41, 5.74) is 1.40. The molecule has 2 aliphatic rings. The van der Waals surface area contributed by atoms with Gasteiger partial charge in [-0.2, -0.15) is 0 Å². The van der Waals surface area contributed by atoms with Gasteiger partial charge in [-0.1, -0.05) is 30.3 Å². The number of nitrogens with zero attached hydrogens (tertiary/aromatic N) is 2. The molecular weight excluding hydrogens is 274 g/mol. The normalized spacial score (nSPS) is 21.0. The maximum Gasteiger partial charge on any atom is 0.225 e. The van der Waals surface area contributed by atoms with Crippen molar-refractivity contribution in [3.63, 3.8) is 0 Å². The van der Waals surface area contributed by atoms with Gasteiger partial charge in [0.15, 0.2) is 0 Å². The predicted octanol–water partition coefficient (Wildman–Crippen LogP) is 1.37. The first-order chi connectivity index (χ1) is 10.8. The van der Waals surface area contributed by atoms with Crippen molar-refractivity contribution in [1.29, 1.82) is 0 Å². The van der Waals surface area contributed by atoms with Crippen LogP contribution >= 0.6 is 0 Å². The Morgan fingerprint density at radius 2 is 1.73 bits per heavy atom. The number of benzene rings is 1. The van der Waals surface area contributed by atoms with Crippen LogP contribution in [0.4, 0.5) is 0 Å². The highest BCUT2D eigenvalue weighted by Crippen LogP contribution is 2.16. The molecule has 1 aromatic rings. The average Bonchev–Trinajstić information content (AvgIpc) is 2.61. The van der Waals surface area contributed by atoms with Gasteiger partial charge in [0.25, 0.3) is 0 Å². The Bertz CT molecular complexity index is 462. The molecule has 2 heterocycles. The largest absolute Gasteiger partial charge is 0.340 e. The molecule has 1 aromatic carbocycles. The molecule has 0 radical (unpaired) electrons. The first-order valence-electron chi connectivity index (χ1n) is 8.59. The molecule has 4 nitrogen and oxygen atoms in total. The topological polar surface area (TPSA) is 35.6 Å². The molecule has 3 rings (SSSR count). The molecule has 0 unspecified atom stereocenters. The van der Waals surface area contributed by atoms with Crippen LogP contribution in [0.25, 0.3) is 0 Å². The average molecular weight is 301 g/mol. The van der Waals surface area contributed by atoms with Crippen molar-refractivity contribution in [2.75, 3.05) is 45.8 Å². The van der Waals surface area contributed by atoms with Crippen LogP contribution in [0.15, 0.2) is 30.3 Å². The summed E-state index contributed by atoms with van der Waals surface area (Å²) < 4.78 is 0. The standard InChI is InChI=1S/C18H27N3O/c22-18(17-6-9-19-10-7-17)21-14-12-20(13-15-21)11-8-16-4-2-1-3-5-16/h1-5,17,19H,6-15H2.